The van der Waals surface area contributed by atoms with Crippen LogP contribution in [0.5, 0.6) is 0 Å². The summed E-state index contributed by atoms with van der Waals surface area (Å²) in [4.78, 5) is 91.0. The van der Waals surface area contributed by atoms with Crippen molar-refractivity contribution >= 4 is 35.3 Å². The van der Waals surface area contributed by atoms with Gasteiger partial charge in [-0.15, -0.1) is 0 Å². The van der Waals surface area contributed by atoms with Crippen molar-refractivity contribution in [3.05, 3.63) is 147 Å². The number of hydrogen-bond acceptors (Lipinski definition) is 8. The zero-order chi connectivity index (χ0) is 46.2. The Morgan fingerprint density at radius 1 is 0.742 bits per heavy atom. The first-order chi connectivity index (χ1) is 32.0. The smallest absolute Gasteiger partial charge is 0.352 e. The van der Waals surface area contributed by atoms with Crippen molar-refractivity contribution in [2.24, 2.45) is 21.9 Å². The Balaban J connectivity index is 0.914. The van der Waals surface area contributed by atoms with Crippen LogP contribution in [0.2, 0.25) is 0 Å². The lowest BCUT2D eigenvalue weighted by Gasteiger charge is -2.41. The van der Waals surface area contributed by atoms with E-state index in [-0.39, 0.29) is 68.6 Å². The van der Waals surface area contributed by atoms with Gasteiger partial charge in [0.25, 0.3) is 5.91 Å². The number of piperazine rings is 1. The first kappa shape index (κ1) is 45.3. The van der Waals surface area contributed by atoms with Crippen LogP contribution in [0.3, 0.4) is 0 Å². The van der Waals surface area contributed by atoms with Crippen molar-refractivity contribution in [3.8, 4) is 11.4 Å². The molecule has 2 atom stereocenters. The molecule has 4 aromatic carbocycles. The summed E-state index contributed by atoms with van der Waals surface area (Å²) in [5.41, 5.74) is 13.7. The SMILES string of the molecule is NC(N)=NCCC[C@H](NC(=O)CC1(CC(=O)N2CCN([C@H]3c4ccccc4NC(=O)c4ccccc43)CC2)CCCC1)C(=O)NCCn1c(=O)n(-c2ccccc2)n(-c2ccccc2)c1=O. The molecule has 2 aliphatic heterocycles. The van der Waals surface area contributed by atoms with Crippen LogP contribution < -0.4 is 38.8 Å². The van der Waals surface area contributed by atoms with E-state index in [0.29, 0.717) is 62.4 Å². The number of aromatic nitrogens is 3. The molecule has 8 rings (SSSR count). The fraction of sp³-hybridized carbons (Fsp3) is 0.367. The minimum atomic E-state index is -0.967. The van der Waals surface area contributed by atoms with Crippen molar-refractivity contribution in [3.63, 3.8) is 0 Å². The highest BCUT2D eigenvalue weighted by Crippen LogP contribution is 2.45. The first-order valence-electron chi connectivity index (χ1n) is 22.7. The standard InChI is InChI=1S/C49H57N11O6/c50-46(51)53-25-13-22-40(45(64)52-26-27-58-47(65)59(34-14-3-1-4-15-34)60(48(58)66)35-16-5-2-6-17-35)54-41(61)32-49(23-11-12-24-49)33-42(62)56-28-30-57(31-29-56)43-36-18-7-8-19-37(36)44(63)55-39-21-10-9-20-38(39)43/h1-10,14-21,40,43H,11-13,22-33H2,(H,52,64)(H,54,61)(H,55,63)(H4,50,51,53)/t40-,43+/m0/s1. The van der Waals surface area contributed by atoms with Crippen LogP contribution >= 0.6 is 0 Å². The number of nitrogens with two attached hydrogens (primary N) is 2. The molecular weight excluding hydrogens is 839 g/mol. The largest absolute Gasteiger partial charge is 0.370 e. The summed E-state index contributed by atoms with van der Waals surface area (Å²) in [5, 5.41) is 8.85. The van der Waals surface area contributed by atoms with Gasteiger partial charge in [0.1, 0.15) is 6.04 Å². The van der Waals surface area contributed by atoms with Gasteiger partial charge in [0, 0.05) is 69.9 Å². The zero-order valence-corrected chi connectivity index (χ0v) is 36.9. The highest BCUT2D eigenvalue weighted by Gasteiger charge is 2.41. The van der Waals surface area contributed by atoms with E-state index in [9.17, 15) is 28.8 Å². The molecule has 17 heteroatoms. The maximum absolute atomic E-state index is 14.1. The van der Waals surface area contributed by atoms with Gasteiger partial charge in [-0.05, 0) is 78.6 Å². The Bertz CT molecular complexity index is 2620. The number of benzene rings is 4. The highest BCUT2D eigenvalue weighted by molar-refractivity contribution is 6.07. The minimum Gasteiger partial charge on any atom is -0.370 e. The number of nitrogens with zero attached hydrogens (tertiary/aromatic N) is 6. The molecule has 66 heavy (non-hydrogen) atoms. The maximum atomic E-state index is 14.1. The number of hydrogen-bond donors (Lipinski definition) is 5. The molecule has 4 amide bonds. The fourth-order valence-electron chi connectivity index (χ4n) is 9.78. The van der Waals surface area contributed by atoms with E-state index in [1.807, 2.05) is 65.6 Å². The van der Waals surface area contributed by atoms with Gasteiger partial charge < -0.3 is 32.3 Å². The Labute approximate surface area is 382 Å². The number of guanidine groups is 1. The maximum Gasteiger partial charge on any atom is 0.352 e. The number of aliphatic imine (C=N–C) groups is 1. The number of para-hydroxylation sites is 3. The molecule has 3 heterocycles. The normalized spacial score (nSPS) is 17.1. The molecule has 5 aromatic rings. The van der Waals surface area contributed by atoms with Gasteiger partial charge in [-0.2, -0.15) is 9.36 Å². The molecule has 344 valence electrons. The Morgan fingerprint density at radius 3 is 1.97 bits per heavy atom. The van der Waals surface area contributed by atoms with Crippen molar-refractivity contribution in [2.45, 2.75) is 70.0 Å². The predicted molar refractivity (Wildman–Crippen MR) is 251 cm³/mol. The molecule has 0 unspecified atom stereocenters. The Morgan fingerprint density at radius 2 is 1.33 bits per heavy atom. The second kappa shape index (κ2) is 20.3. The van der Waals surface area contributed by atoms with Gasteiger partial charge in [-0.25, -0.2) is 14.2 Å². The first-order valence-corrected chi connectivity index (χ1v) is 22.7. The molecule has 1 aromatic heterocycles. The average Bonchev–Trinajstić information content (AvgIpc) is 3.84. The van der Waals surface area contributed by atoms with E-state index in [0.717, 1.165) is 34.2 Å². The summed E-state index contributed by atoms with van der Waals surface area (Å²) in [7, 11) is 0. The molecule has 0 bridgehead atoms. The van der Waals surface area contributed by atoms with E-state index >= 15 is 0 Å². The Hall–Kier alpha value is -7.27. The summed E-state index contributed by atoms with van der Waals surface area (Å²) in [6.07, 6.45) is 4.10. The van der Waals surface area contributed by atoms with Crippen LogP contribution in [-0.2, 0) is 20.9 Å². The number of anilines is 1. The van der Waals surface area contributed by atoms with Crippen molar-refractivity contribution < 1.29 is 19.2 Å². The molecule has 1 aliphatic carbocycles. The number of amides is 4. The van der Waals surface area contributed by atoms with Gasteiger partial charge in [0.05, 0.1) is 17.4 Å². The number of carbonyl (C=O) groups excluding carboxylic acids is 4. The van der Waals surface area contributed by atoms with Crippen molar-refractivity contribution in [1.29, 1.82) is 0 Å². The van der Waals surface area contributed by atoms with E-state index in [1.165, 1.54) is 9.36 Å². The summed E-state index contributed by atoms with van der Waals surface area (Å²) in [6.45, 7) is 2.27. The van der Waals surface area contributed by atoms with E-state index in [4.69, 9.17) is 11.5 Å². The van der Waals surface area contributed by atoms with Gasteiger partial charge >= 0.3 is 11.4 Å². The molecule has 0 spiro atoms. The van der Waals surface area contributed by atoms with Crippen molar-refractivity contribution in [1.82, 2.24) is 34.4 Å². The lowest BCUT2D eigenvalue weighted by molar-refractivity contribution is -0.137. The van der Waals surface area contributed by atoms with Crippen LogP contribution in [0.25, 0.3) is 11.4 Å². The third-order valence-electron chi connectivity index (χ3n) is 13.0. The molecule has 3 aliphatic rings. The van der Waals surface area contributed by atoms with E-state index in [1.54, 1.807) is 48.5 Å². The summed E-state index contributed by atoms with van der Waals surface area (Å²) in [6, 6.07) is 32.1. The molecular formula is C49H57N11O6. The second-order valence-corrected chi connectivity index (χ2v) is 17.4. The molecule has 2 fully saturated rings. The molecule has 17 nitrogen and oxygen atoms in total. The van der Waals surface area contributed by atoms with Crippen LogP contribution in [0.1, 0.15) is 78.9 Å². The molecule has 1 saturated heterocycles. The lowest BCUT2D eigenvalue weighted by Crippen LogP contribution is -2.51. The van der Waals surface area contributed by atoms with Crippen LogP contribution in [0.4, 0.5) is 5.69 Å². The van der Waals surface area contributed by atoms with Gasteiger partial charge in [0.2, 0.25) is 17.7 Å². The number of fused-ring (bicyclic) bond motifs is 2. The van der Waals surface area contributed by atoms with Gasteiger partial charge in [0.15, 0.2) is 5.96 Å². The lowest BCUT2D eigenvalue weighted by atomic mass is 9.78. The Kier molecular flexibility index (Phi) is 13.9. The third-order valence-corrected chi connectivity index (χ3v) is 13.0. The minimum absolute atomic E-state index is 0.00273. The van der Waals surface area contributed by atoms with Crippen LogP contribution in [-0.4, -0.2) is 98.6 Å². The number of rotatable bonds is 16. The third kappa shape index (κ3) is 10.0. The molecule has 0 radical (unpaired) electrons. The number of carbonyl (C=O) groups is 4. The van der Waals surface area contributed by atoms with Crippen LogP contribution in [0.15, 0.2) is 124 Å². The molecule has 7 N–H and O–H groups in total. The predicted octanol–water partition coefficient (Wildman–Crippen LogP) is 3.28. The number of nitrogens with one attached hydrogen (secondary N) is 3. The fourth-order valence-corrected chi connectivity index (χ4v) is 9.78. The van der Waals surface area contributed by atoms with Crippen molar-refractivity contribution in [2.75, 3.05) is 44.6 Å². The second-order valence-electron chi connectivity index (χ2n) is 17.4. The summed E-state index contributed by atoms with van der Waals surface area (Å²) in [5.74, 6) is -1.06. The monoisotopic (exact) mass is 895 g/mol. The zero-order valence-electron chi connectivity index (χ0n) is 36.9. The van der Waals surface area contributed by atoms with Gasteiger partial charge in [-0.3, -0.25) is 29.1 Å². The summed E-state index contributed by atoms with van der Waals surface area (Å²) >= 11 is 0. The van der Waals surface area contributed by atoms with E-state index < -0.39 is 28.7 Å². The molecule has 1 saturated carbocycles. The van der Waals surface area contributed by atoms with E-state index in [2.05, 4.69) is 25.8 Å². The summed E-state index contributed by atoms with van der Waals surface area (Å²) < 4.78 is 3.67. The quantitative estimate of drug-likeness (QED) is 0.0556. The van der Waals surface area contributed by atoms with Crippen LogP contribution in [0, 0.1) is 5.41 Å². The van der Waals surface area contributed by atoms with Gasteiger partial charge in [-0.1, -0.05) is 85.6 Å². The average molecular weight is 896 g/mol. The highest BCUT2D eigenvalue weighted by atomic mass is 16.2. The topological polar surface area (TPSA) is 224 Å².